The summed E-state index contributed by atoms with van der Waals surface area (Å²) < 4.78 is 4.58. The molecule has 1 fully saturated rings. The van der Waals surface area contributed by atoms with Crippen molar-refractivity contribution in [2.24, 2.45) is 0 Å². The van der Waals surface area contributed by atoms with Crippen LogP contribution < -0.4 is 0 Å². The molecule has 1 aliphatic heterocycles. The van der Waals surface area contributed by atoms with Crippen molar-refractivity contribution >= 4 is 0 Å². The molecule has 1 heterocycles. The highest BCUT2D eigenvalue weighted by atomic mass is 16.8. The second-order valence-electron chi connectivity index (χ2n) is 2.72. The minimum Gasteiger partial charge on any atom is -0.394 e. The van der Waals surface area contributed by atoms with Crippen LogP contribution in [0.2, 0.25) is 0 Å². The average Bonchev–Trinajstić information content (AvgIpc) is 2.08. The molecule has 1 saturated heterocycles. The van der Waals surface area contributed by atoms with Crippen molar-refractivity contribution in [3.05, 3.63) is 0 Å². The van der Waals surface area contributed by atoms with Gasteiger partial charge >= 0.3 is 0 Å². The van der Waals surface area contributed by atoms with E-state index in [0.717, 1.165) is 0 Å². The van der Waals surface area contributed by atoms with Crippen molar-refractivity contribution in [2.75, 3.05) is 6.61 Å². The molecule has 6 heteroatoms. The molecule has 1 rings (SSSR count). The van der Waals surface area contributed by atoms with Gasteiger partial charge in [0.05, 0.1) is 6.61 Å². The second kappa shape index (κ2) is 3.65. The van der Waals surface area contributed by atoms with Gasteiger partial charge in [-0.1, -0.05) is 0 Å². The second-order valence-corrected chi connectivity index (χ2v) is 2.72. The lowest BCUT2D eigenvalue weighted by molar-refractivity contribution is -0.286. The smallest absolute Gasteiger partial charge is 0.184 e. The van der Waals surface area contributed by atoms with Crippen molar-refractivity contribution in [2.45, 2.75) is 30.7 Å². The summed E-state index contributed by atoms with van der Waals surface area (Å²) in [5.74, 6) is 0. The van der Waals surface area contributed by atoms with E-state index in [1.54, 1.807) is 0 Å². The van der Waals surface area contributed by atoms with Crippen LogP contribution in [-0.4, -0.2) is 62.8 Å². The highest BCUT2D eigenvalue weighted by molar-refractivity contribution is 4.87. The average molecular weight is 186 g/mol. The van der Waals surface area contributed by atoms with Gasteiger partial charge in [0.1, 0.15) is 24.4 Å². The van der Waals surface area contributed by atoms with Crippen LogP contribution in [0.15, 0.2) is 0 Å². The zero-order valence-corrected chi connectivity index (χ0v) is 6.24. The number of aliphatic hydroxyl groups is 5. The Hall–Kier alpha value is -0.240. The Bertz CT molecular complexity index is 146. The third-order valence-corrected chi connectivity index (χ3v) is 1.87. The van der Waals surface area contributed by atoms with Gasteiger partial charge in [-0.3, -0.25) is 0 Å². The van der Waals surface area contributed by atoms with Gasteiger partial charge in [0, 0.05) is 0 Å². The summed E-state index contributed by atoms with van der Waals surface area (Å²) in [6.45, 7) is -0.526. The molecular formula is C6H12O6. The lowest BCUT2D eigenvalue weighted by Crippen LogP contribution is -2.58. The summed E-state index contributed by atoms with van der Waals surface area (Å²) in [4.78, 5) is 0. The Kier molecular flexibility index (Phi) is 2.99. The maximum Gasteiger partial charge on any atom is 0.184 e. The van der Waals surface area contributed by atoms with Crippen LogP contribution in [0, 0.1) is 0 Å². The number of rotatable bonds is 1. The Morgan fingerprint density at radius 3 is 2.00 bits per heavy atom. The largest absolute Gasteiger partial charge is 0.394 e. The molecule has 5 N–H and O–H groups in total. The zero-order valence-electron chi connectivity index (χ0n) is 6.24. The molecule has 0 aliphatic carbocycles. The van der Waals surface area contributed by atoms with Crippen LogP contribution in [0.1, 0.15) is 0 Å². The third kappa shape index (κ3) is 1.58. The van der Waals surface area contributed by atoms with Crippen molar-refractivity contribution in [3.8, 4) is 0 Å². The lowest BCUT2D eigenvalue weighted by Gasteiger charge is -2.37. The summed E-state index contributed by atoms with van der Waals surface area (Å²) in [7, 11) is 0. The van der Waals surface area contributed by atoms with E-state index in [9.17, 15) is 0 Å². The first-order valence-electron chi connectivity index (χ1n) is 3.56. The van der Waals surface area contributed by atoms with Crippen LogP contribution in [0.25, 0.3) is 0 Å². The highest BCUT2D eigenvalue weighted by Crippen LogP contribution is 2.18. The van der Waals surface area contributed by atoms with Gasteiger partial charge in [0.25, 0.3) is 0 Å². The van der Waals surface area contributed by atoms with Crippen LogP contribution in [0.5, 0.6) is 0 Å². The number of hydrogen-bond acceptors (Lipinski definition) is 6. The van der Waals surface area contributed by atoms with Crippen molar-refractivity contribution < 1.29 is 30.3 Å². The number of hydrogen-bond donors (Lipinski definition) is 5. The molecule has 72 valence electrons. The molecule has 0 aromatic rings. The Labute approximate surface area is 68.6 Å². The van der Waals surface area contributed by atoms with Crippen LogP contribution >= 0.6 is 0 Å². The lowest BCUT2D eigenvalue weighted by atomic mass is 10.9. The molecule has 0 aromatic carbocycles. The molecule has 0 spiro atoms. The molecule has 0 saturated carbocycles. The van der Waals surface area contributed by atoms with E-state index in [1.807, 2.05) is 0 Å². The molecule has 0 aromatic heterocycles. The van der Waals surface area contributed by atoms with E-state index in [1.165, 1.54) is 0 Å². The van der Waals surface area contributed by atoms with Gasteiger partial charge < -0.3 is 30.3 Å². The van der Waals surface area contributed by atoms with Gasteiger partial charge in [-0.15, -0.1) is 0 Å². The molecule has 5 atom stereocenters. The highest BCUT2D eigenvalue weighted by Gasteiger charge is 2.42. The summed E-state index contributed by atoms with van der Waals surface area (Å²) in [6, 6.07) is 0. The standard InChI is InChI=1S/C6H12O6/c7-1-2-3(8)4(9)5(10)6(11)12-2/h2-11H,1H2/t2-,3-,4+,5-,6-/m1/s1/i1+1,2+1,3+1,4+1,5+1,6+1. The van der Waals surface area contributed by atoms with E-state index >= 15 is 0 Å². The van der Waals surface area contributed by atoms with E-state index in [-0.39, 0.29) is 0 Å². The molecule has 0 amide bonds. The molecule has 1 aliphatic rings. The topological polar surface area (TPSA) is 110 Å². The SMILES string of the molecule is O[13CH2][13C@H]1O[13C@@H](O)[13C@H](O)[13C@@H](O)[13C@@H]1O. The Morgan fingerprint density at radius 1 is 0.917 bits per heavy atom. The van der Waals surface area contributed by atoms with E-state index in [4.69, 9.17) is 25.5 Å². The van der Waals surface area contributed by atoms with E-state index in [0.29, 0.717) is 0 Å². The van der Waals surface area contributed by atoms with Gasteiger partial charge in [0.2, 0.25) is 0 Å². The summed E-state index contributed by atoms with van der Waals surface area (Å²) in [5, 5.41) is 44.7. The molecule has 0 radical (unpaired) electrons. The van der Waals surface area contributed by atoms with Crippen LogP contribution in [-0.2, 0) is 4.74 Å². The summed E-state index contributed by atoms with van der Waals surface area (Å²) >= 11 is 0. The first-order valence-corrected chi connectivity index (χ1v) is 3.56. The van der Waals surface area contributed by atoms with Crippen LogP contribution in [0.3, 0.4) is 0 Å². The first kappa shape index (κ1) is 9.85. The summed E-state index contributed by atoms with van der Waals surface area (Å²) in [5.41, 5.74) is 0. The summed E-state index contributed by atoms with van der Waals surface area (Å²) in [6.07, 6.45) is -7.04. The molecule has 0 bridgehead atoms. The molecule has 0 unspecified atom stereocenters. The zero-order chi connectivity index (χ0) is 9.30. The number of ether oxygens (including phenoxy) is 1. The van der Waals surface area contributed by atoms with Gasteiger partial charge in [-0.05, 0) is 0 Å². The van der Waals surface area contributed by atoms with Crippen molar-refractivity contribution in [1.82, 2.24) is 0 Å². The molecule has 6 nitrogen and oxygen atoms in total. The fourth-order valence-electron chi connectivity index (χ4n) is 1.08. The minimum absolute atomic E-state index is 0.526. The van der Waals surface area contributed by atoms with Crippen molar-refractivity contribution in [1.29, 1.82) is 0 Å². The van der Waals surface area contributed by atoms with Gasteiger partial charge in [0.15, 0.2) is 6.29 Å². The van der Waals surface area contributed by atoms with E-state index in [2.05, 4.69) is 4.74 Å². The molecule has 12 heavy (non-hydrogen) atoms. The number of aliphatic hydroxyl groups excluding tert-OH is 5. The Morgan fingerprint density at radius 2 is 1.50 bits per heavy atom. The van der Waals surface area contributed by atoms with Crippen LogP contribution in [0.4, 0.5) is 0 Å². The predicted octanol–water partition coefficient (Wildman–Crippen LogP) is -3.22. The maximum atomic E-state index is 9.12. The molecular weight excluding hydrogens is 174 g/mol. The fraction of sp³-hybridized carbons (Fsp3) is 1.00. The van der Waals surface area contributed by atoms with E-state index < -0.39 is 37.3 Å². The van der Waals surface area contributed by atoms with Crippen molar-refractivity contribution in [3.63, 3.8) is 0 Å². The first-order chi connectivity index (χ1) is 5.57. The Balaban J connectivity index is 2.63. The quantitative estimate of drug-likeness (QED) is 0.275. The third-order valence-electron chi connectivity index (χ3n) is 1.87. The fourth-order valence-corrected chi connectivity index (χ4v) is 1.08. The minimum atomic E-state index is -1.57. The normalized spacial score (nSPS) is 49.2. The predicted molar refractivity (Wildman–Crippen MR) is 36.0 cm³/mol. The maximum absolute atomic E-state index is 9.12. The van der Waals surface area contributed by atoms with Gasteiger partial charge in [-0.2, -0.15) is 0 Å². The monoisotopic (exact) mass is 186 g/mol. The van der Waals surface area contributed by atoms with Gasteiger partial charge in [-0.25, -0.2) is 0 Å².